The smallest absolute Gasteiger partial charge is 0.416 e. The molecular formula is C18H23ClF3N2O3+. The molecule has 0 saturated carbocycles. The predicted octanol–water partition coefficient (Wildman–Crippen LogP) is 2.54. The number of amides is 1. The van der Waals surface area contributed by atoms with Gasteiger partial charge in [-0.25, -0.2) is 0 Å². The van der Waals surface area contributed by atoms with Gasteiger partial charge in [-0.15, -0.1) is 0 Å². The number of esters is 1. The molecule has 1 fully saturated rings. The highest BCUT2D eigenvalue weighted by Gasteiger charge is 2.34. The summed E-state index contributed by atoms with van der Waals surface area (Å²) in [6, 6.07) is 2.32. The topological polar surface area (TPSA) is 59.8 Å². The van der Waals surface area contributed by atoms with Crippen molar-refractivity contribution in [1.29, 1.82) is 0 Å². The van der Waals surface area contributed by atoms with Crippen LogP contribution in [0, 0.1) is 5.92 Å². The Morgan fingerprint density at radius 2 is 1.96 bits per heavy atom. The molecule has 1 amide bonds. The van der Waals surface area contributed by atoms with Gasteiger partial charge in [-0.05, 0) is 32.0 Å². The van der Waals surface area contributed by atoms with Crippen LogP contribution in [0.25, 0.3) is 0 Å². The van der Waals surface area contributed by atoms with Gasteiger partial charge < -0.3 is 15.0 Å². The van der Waals surface area contributed by atoms with Crippen molar-refractivity contribution in [2.75, 3.05) is 25.0 Å². The van der Waals surface area contributed by atoms with Crippen LogP contribution in [-0.4, -0.2) is 37.6 Å². The highest BCUT2D eigenvalue weighted by molar-refractivity contribution is 6.33. The summed E-state index contributed by atoms with van der Waals surface area (Å²) in [6.07, 6.45) is -3.30. The van der Waals surface area contributed by atoms with Crippen LogP contribution in [0.2, 0.25) is 5.02 Å². The van der Waals surface area contributed by atoms with Gasteiger partial charge in [0.05, 0.1) is 41.9 Å². The number of nitrogens with one attached hydrogen (secondary N) is 2. The molecule has 0 bridgehead atoms. The number of benzene rings is 1. The van der Waals surface area contributed by atoms with Crippen LogP contribution in [-0.2, 0) is 20.5 Å². The van der Waals surface area contributed by atoms with Crippen LogP contribution in [0.1, 0.15) is 32.3 Å². The minimum atomic E-state index is -4.52. The Kier molecular flexibility index (Phi) is 7.11. The molecule has 0 aliphatic carbocycles. The molecular weight excluding hydrogens is 385 g/mol. The van der Waals surface area contributed by atoms with Crippen molar-refractivity contribution in [3.05, 3.63) is 28.8 Å². The molecule has 9 heteroatoms. The maximum absolute atomic E-state index is 12.8. The molecule has 27 heavy (non-hydrogen) atoms. The van der Waals surface area contributed by atoms with E-state index in [9.17, 15) is 22.8 Å². The monoisotopic (exact) mass is 407 g/mol. The summed E-state index contributed by atoms with van der Waals surface area (Å²) in [4.78, 5) is 25.2. The van der Waals surface area contributed by atoms with Gasteiger partial charge in [-0.3, -0.25) is 9.59 Å². The molecule has 1 heterocycles. The van der Waals surface area contributed by atoms with Crippen molar-refractivity contribution < 1.29 is 32.4 Å². The lowest BCUT2D eigenvalue weighted by Gasteiger charge is -2.31. The van der Waals surface area contributed by atoms with Crippen LogP contribution < -0.4 is 10.2 Å². The van der Waals surface area contributed by atoms with Gasteiger partial charge in [0.1, 0.15) is 0 Å². The van der Waals surface area contributed by atoms with E-state index in [1.807, 2.05) is 0 Å². The van der Waals surface area contributed by atoms with Crippen molar-refractivity contribution in [1.82, 2.24) is 0 Å². The first kappa shape index (κ1) is 21.5. The first-order valence-electron chi connectivity index (χ1n) is 8.82. The van der Waals surface area contributed by atoms with Crippen molar-refractivity contribution in [2.24, 2.45) is 5.92 Å². The zero-order valence-corrected chi connectivity index (χ0v) is 15.9. The highest BCUT2D eigenvalue weighted by atomic mass is 35.5. The molecule has 2 N–H and O–H groups in total. The molecule has 1 atom stereocenters. The number of piperidine rings is 1. The van der Waals surface area contributed by atoms with Crippen molar-refractivity contribution >= 4 is 29.2 Å². The molecule has 1 saturated heterocycles. The van der Waals surface area contributed by atoms with Crippen LogP contribution >= 0.6 is 11.6 Å². The van der Waals surface area contributed by atoms with E-state index in [1.54, 1.807) is 13.8 Å². The summed E-state index contributed by atoms with van der Waals surface area (Å²) in [5.74, 6) is -0.799. The average Bonchev–Trinajstić information content (AvgIpc) is 2.62. The van der Waals surface area contributed by atoms with Gasteiger partial charge in [-0.1, -0.05) is 11.6 Å². The Balaban J connectivity index is 1.98. The summed E-state index contributed by atoms with van der Waals surface area (Å²) in [5, 5.41) is 2.53. The van der Waals surface area contributed by atoms with E-state index in [0.717, 1.165) is 23.1 Å². The van der Waals surface area contributed by atoms with E-state index in [0.29, 0.717) is 32.5 Å². The summed E-state index contributed by atoms with van der Waals surface area (Å²) in [6.45, 7) is 5.01. The summed E-state index contributed by atoms with van der Waals surface area (Å²) in [7, 11) is 0. The molecule has 0 radical (unpaired) electrons. The van der Waals surface area contributed by atoms with Crippen molar-refractivity contribution in [2.45, 2.75) is 38.9 Å². The number of anilines is 1. The number of ether oxygens (including phenoxy) is 1. The Morgan fingerprint density at radius 1 is 1.33 bits per heavy atom. The van der Waals surface area contributed by atoms with Crippen LogP contribution in [0.4, 0.5) is 18.9 Å². The van der Waals surface area contributed by atoms with Gasteiger partial charge in [0, 0.05) is 12.8 Å². The number of alkyl halides is 3. The van der Waals surface area contributed by atoms with Crippen molar-refractivity contribution in [3.8, 4) is 0 Å². The molecule has 0 aromatic heterocycles. The summed E-state index contributed by atoms with van der Waals surface area (Å²) in [5.41, 5.74) is -0.943. The summed E-state index contributed by atoms with van der Waals surface area (Å²) >= 11 is 5.92. The zero-order chi connectivity index (χ0) is 20.2. The molecule has 0 unspecified atom stereocenters. The number of carbonyl (C=O) groups is 2. The highest BCUT2D eigenvalue weighted by Crippen LogP contribution is 2.33. The normalized spacial score (nSPS) is 21.4. The van der Waals surface area contributed by atoms with Crippen LogP contribution in [0.15, 0.2) is 18.2 Å². The van der Waals surface area contributed by atoms with Gasteiger partial charge in [0.25, 0.3) is 5.91 Å². The molecule has 150 valence electrons. The minimum Gasteiger partial charge on any atom is -0.466 e. The van der Waals surface area contributed by atoms with E-state index in [1.165, 1.54) is 0 Å². The zero-order valence-electron chi connectivity index (χ0n) is 15.2. The lowest BCUT2D eigenvalue weighted by atomic mass is 9.96. The SMILES string of the molecule is CCOC(=O)C1CC[NH+]([C@H](C)C(=O)Nc2cc(C(F)(F)F)ccc2Cl)CC1. The first-order valence-corrected chi connectivity index (χ1v) is 9.20. The Hall–Kier alpha value is -1.80. The lowest BCUT2D eigenvalue weighted by molar-refractivity contribution is -0.919. The second kappa shape index (κ2) is 8.93. The fourth-order valence-electron chi connectivity index (χ4n) is 3.14. The maximum atomic E-state index is 12.8. The van der Waals surface area contributed by atoms with Crippen LogP contribution in [0.5, 0.6) is 0 Å². The van der Waals surface area contributed by atoms with E-state index < -0.39 is 23.7 Å². The van der Waals surface area contributed by atoms with Gasteiger partial charge in [-0.2, -0.15) is 13.2 Å². The fraction of sp³-hybridized carbons (Fsp3) is 0.556. The number of quaternary nitrogens is 1. The lowest BCUT2D eigenvalue weighted by Crippen LogP contribution is -3.17. The third-order valence-corrected chi connectivity index (χ3v) is 5.13. The molecule has 1 aromatic rings. The molecule has 2 rings (SSSR count). The number of halogens is 4. The number of hydrogen-bond donors (Lipinski definition) is 2. The Morgan fingerprint density at radius 3 is 2.52 bits per heavy atom. The van der Waals surface area contributed by atoms with E-state index in [-0.39, 0.29) is 22.6 Å². The number of rotatable bonds is 5. The van der Waals surface area contributed by atoms with E-state index in [4.69, 9.17) is 16.3 Å². The third kappa shape index (κ3) is 5.59. The van der Waals surface area contributed by atoms with E-state index in [2.05, 4.69) is 5.32 Å². The Bertz CT molecular complexity index is 689. The second-order valence-corrected chi connectivity index (χ2v) is 7.00. The largest absolute Gasteiger partial charge is 0.466 e. The molecule has 1 aliphatic rings. The maximum Gasteiger partial charge on any atom is 0.416 e. The molecule has 5 nitrogen and oxygen atoms in total. The number of likely N-dealkylation sites (tertiary alicyclic amines) is 1. The van der Waals surface area contributed by atoms with Gasteiger partial charge in [0.2, 0.25) is 0 Å². The first-order chi connectivity index (χ1) is 12.6. The Labute approximate surface area is 160 Å². The minimum absolute atomic E-state index is 0.0413. The standard InChI is InChI=1S/C18H22ClF3N2O3/c1-3-27-17(26)12-6-8-24(9-7-12)11(2)16(25)23-15-10-13(18(20,21)22)4-5-14(15)19/h4-5,10-12H,3,6-9H2,1-2H3,(H,23,25)/p+1/t11-/m1/s1. The van der Waals surface area contributed by atoms with Gasteiger partial charge in [0.15, 0.2) is 6.04 Å². The predicted molar refractivity (Wildman–Crippen MR) is 94.6 cm³/mol. The molecule has 1 aromatic carbocycles. The third-order valence-electron chi connectivity index (χ3n) is 4.80. The van der Waals surface area contributed by atoms with Gasteiger partial charge >= 0.3 is 12.1 Å². The number of carbonyl (C=O) groups excluding carboxylic acids is 2. The second-order valence-electron chi connectivity index (χ2n) is 6.59. The van der Waals surface area contributed by atoms with Crippen LogP contribution in [0.3, 0.4) is 0 Å². The fourth-order valence-corrected chi connectivity index (χ4v) is 3.31. The quantitative estimate of drug-likeness (QED) is 0.737. The summed E-state index contributed by atoms with van der Waals surface area (Å²) < 4.78 is 43.6. The average molecular weight is 408 g/mol. The molecule has 0 spiro atoms. The number of hydrogen-bond acceptors (Lipinski definition) is 3. The molecule has 1 aliphatic heterocycles. The van der Waals surface area contributed by atoms with Crippen molar-refractivity contribution in [3.63, 3.8) is 0 Å². The van der Waals surface area contributed by atoms with E-state index >= 15 is 0 Å².